The van der Waals surface area contributed by atoms with Crippen LogP contribution < -0.4 is 19.9 Å². The summed E-state index contributed by atoms with van der Waals surface area (Å²) in [7, 11) is -0.360. The molecule has 9 nitrogen and oxygen atoms in total. The summed E-state index contributed by atoms with van der Waals surface area (Å²) in [6, 6.07) is 13.6. The van der Waals surface area contributed by atoms with Gasteiger partial charge in [-0.05, 0) is 36.8 Å². The summed E-state index contributed by atoms with van der Waals surface area (Å²) in [4.78, 5) is 20.5. The number of methoxy groups -OCH3 is 2. The first-order valence-corrected chi connectivity index (χ1v) is 13.0. The highest BCUT2D eigenvalue weighted by molar-refractivity contribution is 7.90. The Kier molecular flexibility index (Phi) is 6.83. The number of nitrogens with one attached hydrogen (secondary N) is 1. The number of aromatic amines is 1. The third-order valence-electron chi connectivity index (χ3n) is 5.62. The molecule has 0 unspecified atom stereocenters. The molecule has 35 heavy (non-hydrogen) atoms. The van der Waals surface area contributed by atoms with E-state index in [-0.39, 0.29) is 5.75 Å². The molecule has 2 aromatic heterocycles. The molecule has 2 aromatic carbocycles. The molecule has 4 aromatic rings. The molecule has 0 aliphatic heterocycles. The lowest BCUT2D eigenvalue weighted by atomic mass is 10.1. The molecule has 0 radical (unpaired) electrons. The Morgan fingerprint density at radius 3 is 2.46 bits per heavy atom. The summed E-state index contributed by atoms with van der Waals surface area (Å²) in [5.74, 6) is 1.35. The Balaban J connectivity index is 1.88. The fourth-order valence-electron chi connectivity index (χ4n) is 4.11. The first-order valence-electron chi connectivity index (χ1n) is 11.0. The van der Waals surface area contributed by atoms with Gasteiger partial charge < -0.3 is 19.2 Å². The molecule has 2 heterocycles. The zero-order valence-corrected chi connectivity index (χ0v) is 20.8. The van der Waals surface area contributed by atoms with Gasteiger partial charge in [0.15, 0.2) is 17.1 Å². The van der Waals surface area contributed by atoms with Crippen LogP contribution in [0.3, 0.4) is 0 Å². The molecule has 0 aliphatic rings. The topological polar surface area (TPSA) is 113 Å². The van der Waals surface area contributed by atoms with Gasteiger partial charge in [-0.25, -0.2) is 18.2 Å². The highest BCUT2D eigenvalue weighted by Gasteiger charge is 2.26. The van der Waals surface area contributed by atoms with E-state index in [1.165, 1.54) is 11.7 Å². The van der Waals surface area contributed by atoms with E-state index in [1.807, 2.05) is 31.2 Å². The van der Waals surface area contributed by atoms with Crippen molar-refractivity contribution in [3.63, 3.8) is 0 Å². The lowest BCUT2D eigenvalue weighted by Crippen LogP contribution is -2.28. The van der Waals surface area contributed by atoms with Gasteiger partial charge in [0, 0.05) is 23.6 Å². The molecular weight excluding hydrogens is 470 g/mol. The van der Waals surface area contributed by atoms with Crippen molar-refractivity contribution in [2.24, 2.45) is 0 Å². The number of benzene rings is 2. The van der Waals surface area contributed by atoms with Gasteiger partial charge in [0.2, 0.25) is 0 Å². The van der Waals surface area contributed by atoms with Crippen LogP contribution >= 0.6 is 0 Å². The maximum atomic E-state index is 13.1. The summed E-state index contributed by atoms with van der Waals surface area (Å²) in [6.45, 7) is 2.24. The maximum absolute atomic E-state index is 13.1. The molecule has 4 rings (SSSR count). The minimum absolute atomic E-state index is 0.298. The van der Waals surface area contributed by atoms with Crippen molar-refractivity contribution in [3.05, 3.63) is 70.8 Å². The quantitative estimate of drug-likeness (QED) is 0.377. The van der Waals surface area contributed by atoms with Gasteiger partial charge in [0.05, 0.1) is 38.1 Å². The smallest absolute Gasteiger partial charge is 0.328 e. The van der Waals surface area contributed by atoms with Crippen LogP contribution in [0.25, 0.3) is 22.3 Å². The second-order valence-corrected chi connectivity index (χ2v) is 10.2. The number of sulfone groups is 1. The highest BCUT2D eigenvalue weighted by atomic mass is 32.2. The van der Waals surface area contributed by atoms with Gasteiger partial charge in [-0.15, -0.1) is 0 Å². The van der Waals surface area contributed by atoms with E-state index in [9.17, 15) is 13.2 Å². The van der Waals surface area contributed by atoms with E-state index in [1.54, 1.807) is 37.6 Å². The third kappa shape index (κ3) is 5.02. The van der Waals surface area contributed by atoms with Crippen LogP contribution in [0.15, 0.2) is 59.5 Å². The SMILES string of the molecule is CCOc1cc([C@H](CS(C)(=O)=O)n2c(=O)[nH]c3cc(-c4ccccc4OC)cnc32)ccc1OC. The minimum Gasteiger partial charge on any atom is -0.496 e. The molecule has 0 aliphatic carbocycles. The van der Waals surface area contributed by atoms with Gasteiger partial charge in [-0.2, -0.15) is 0 Å². The molecule has 0 saturated heterocycles. The fraction of sp³-hybridized carbons (Fsp3) is 0.280. The molecule has 0 spiro atoms. The molecule has 1 N–H and O–H groups in total. The number of nitrogens with zero attached hydrogens (tertiary/aromatic N) is 2. The number of hydrogen-bond acceptors (Lipinski definition) is 7. The van der Waals surface area contributed by atoms with Gasteiger partial charge in [0.25, 0.3) is 0 Å². The van der Waals surface area contributed by atoms with Crippen molar-refractivity contribution < 1.29 is 22.6 Å². The average molecular weight is 498 g/mol. The Morgan fingerprint density at radius 1 is 1.03 bits per heavy atom. The Morgan fingerprint density at radius 2 is 1.77 bits per heavy atom. The lowest BCUT2D eigenvalue weighted by molar-refractivity contribution is 0.310. The van der Waals surface area contributed by atoms with E-state index in [0.29, 0.717) is 40.6 Å². The average Bonchev–Trinajstić information content (AvgIpc) is 3.16. The maximum Gasteiger partial charge on any atom is 0.328 e. The molecular formula is C25H27N3O6S. The first kappa shape index (κ1) is 24.3. The summed E-state index contributed by atoms with van der Waals surface area (Å²) in [6.07, 6.45) is 2.78. The van der Waals surface area contributed by atoms with Crippen LogP contribution in [-0.4, -0.2) is 55.8 Å². The summed E-state index contributed by atoms with van der Waals surface area (Å²) in [5.41, 5.74) is 2.52. The molecule has 10 heteroatoms. The van der Waals surface area contributed by atoms with Crippen LogP contribution in [0.1, 0.15) is 18.5 Å². The number of hydrogen-bond donors (Lipinski definition) is 1. The van der Waals surface area contributed by atoms with Crippen LogP contribution in [0.5, 0.6) is 17.2 Å². The standard InChI is InChI=1S/C25H27N3O6S/c1-5-34-23-13-16(10-11-22(23)33-3)20(15-35(4,30)31)28-24-19(27-25(28)29)12-17(14-26-24)18-8-6-7-9-21(18)32-2/h6-14,20H,5,15H2,1-4H3,(H,27,29)/t20-/m0/s1. The molecule has 184 valence electrons. The molecule has 1 atom stereocenters. The number of para-hydroxylation sites is 1. The summed E-state index contributed by atoms with van der Waals surface area (Å²) in [5, 5.41) is 0. The van der Waals surface area contributed by atoms with Crippen molar-refractivity contribution >= 4 is 21.0 Å². The fourth-order valence-corrected chi connectivity index (χ4v) is 5.02. The number of ether oxygens (including phenoxy) is 3. The predicted octanol–water partition coefficient (Wildman–Crippen LogP) is 3.44. The highest BCUT2D eigenvalue weighted by Crippen LogP contribution is 2.34. The molecule has 0 fully saturated rings. The Hall–Kier alpha value is -3.79. The summed E-state index contributed by atoms with van der Waals surface area (Å²) < 4.78 is 42.6. The van der Waals surface area contributed by atoms with E-state index in [4.69, 9.17) is 14.2 Å². The number of H-pyrrole nitrogens is 1. The van der Waals surface area contributed by atoms with Gasteiger partial charge >= 0.3 is 5.69 Å². The molecule has 0 bridgehead atoms. The van der Waals surface area contributed by atoms with Gasteiger partial charge in [-0.1, -0.05) is 24.3 Å². The van der Waals surface area contributed by atoms with Crippen molar-refractivity contribution in [3.8, 4) is 28.4 Å². The van der Waals surface area contributed by atoms with Gasteiger partial charge in [0.1, 0.15) is 15.6 Å². The first-order chi connectivity index (χ1) is 16.8. The molecule has 0 amide bonds. The molecule has 0 saturated carbocycles. The van der Waals surface area contributed by atoms with Crippen molar-refractivity contribution in [1.82, 2.24) is 14.5 Å². The minimum atomic E-state index is -3.47. The third-order valence-corrected chi connectivity index (χ3v) is 6.54. The lowest BCUT2D eigenvalue weighted by Gasteiger charge is -2.20. The zero-order chi connectivity index (χ0) is 25.2. The van der Waals surface area contributed by atoms with Crippen molar-refractivity contribution in [1.29, 1.82) is 0 Å². The van der Waals surface area contributed by atoms with Gasteiger partial charge in [-0.3, -0.25) is 4.57 Å². The van der Waals surface area contributed by atoms with Crippen molar-refractivity contribution in [2.75, 3.05) is 32.8 Å². The van der Waals surface area contributed by atoms with E-state index in [2.05, 4.69) is 9.97 Å². The Bertz CT molecular complexity index is 1520. The number of pyridine rings is 1. The predicted molar refractivity (Wildman–Crippen MR) is 134 cm³/mol. The van der Waals surface area contributed by atoms with Crippen molar-refractivity contribution in [2.45, 2.75) is 13.0 Å². The van der Waals surface area contributed by atoms with E-state index < -0.39 is 21.6 Å². The van der Waals surface area contributed by atoms with Crippen LogP contribution in [-0.2, 0) is 9.84 Å². The monoisotopic (exact) mass is 497 g/mol. The van der Waals surface area contributed by atoms with Crippen LogP contribution in [0.2, 0.25) is 0 Å². The number of aromatic nitrogens is 3. The largest absolute Gasteiger partial charge is 0.496 e. The van der Waals surface area contributed by atoms with Crippen LogP contribution in [0, 0.1) is 0 Å². The second kappa shape index (κ2) is 9.83. The summed E-state index contributed by atoms with van der Waals surface area (Å²) >= 11 is 0. The number of fused-ring (bicyclic) bond motifs is 1. The normalized spacial score (nSPS) is 12.5. The van der Waals surface area contributed by atoms with E-state index in [0.717, 1.165) is 17.4 Å². The second-order valence-electron chi connectivity index (χ2n) is 8.05. The van der Waals surface area contributed by atoms with Crippen LogP contribution in [0.4, 0.5) is 0 Å². The zero-order valence-electron chi connectivity index (χ0n) is 19.9. The number of imidazole rings is 1. The Labute approximate surface area is 203 Å². The van der Waals surface area contributed by atoms with E-state index >= 15 is 0 Å². The number of rotatable bonds is 9.